The Morgan fingerprint density at radius 2 is 2.25 bits per heavy atom. The zero-order valence-electron chi connectivity index (χ0n) is 11.2. The molecule has 0 spiro atoms. The molecule has 0 saturated heterocycles. The number of nitrogens with zero attached hydrogens (tertiary/aromatic N) is 2. The molecule has 106 valence electrons. The third-order valence-electron chi connectivity index (χ3n) is 2.34. The van der Waals surface area contributed by atoms with Crippen LogP contribution in [-0.2, 0) is 16.1 Å². The summed E-state index contributed by atoms with van der Waals surface area (Å²) in [6, 6.07) is 7.68. The molecule has 0 radical (unpaired) electrons. The largest absolute Gasteiger partial charge is 0.484 e. The first-order chi connectivity index (χ1) is 9.67. The minimum atomic E-state index is -0.342. The van der Waals surface area contributed by atoms with E-state index in [0.29, 0.717) is 11.1 Å². The first-order valence-corrected chi connectivity index (χ1v) is 6.87. The van der Waals surface area contributed by atoms with Gasteiger partial charge in [-0.25, -0.2) is 0 Å². The highest BCUT2D eigenvalue weighted by atomic mass is 32.2. The van der Waals surface area contributed by atoms with E-state index in [1.807, 2.05) is 31.2 Å². The number of ether oxygens (including phenoxy) is 2. The summed E-state index contributed by atoms with van der Waals surface area (Å²) in [5, 5.41) is 7.97. The van der Waals surface area contributed by atoms with E-state index >= 15 is 0 Å². The van der Waals surface area contributed by atoms with E-state index in [9.17, 15) is 4.79 Å². The molecule has 0 amide bonds. The minimum Gasteiger partial charge on any atom is -0.484 e. The zero-order valence-corrected chi connectivity index (χ0v) is 12.0. The van der Waals surface area contributed by atoms with Gasteiger partial charge >= 0.3 is 5.97 Å². The van der Waals surface area contributed by atoms with Crippen molar-refractivity contribution >= 4 is 17.7 Å². The number of carbonyl (C=O) groups excluding carboxylic acids is 1. The molecule has 0 atom stereocenters. The van der Waals surface area contributed by atoms with Crippen LogP contribution in [0.3, 0.4) is 0 Å². The first-order valence-electron chi connectivity index (χ1n) is 5.89. The third-order valence-corrected chi connectivity index (χ3v) is 3.13. The predicted molar refractivity (Wildman–Crippen MR) is 72.5 cm³/mol. The summed E-state index contributed by atoms with van der Waals surface area (Å²) < 4.78 is 15.4. The highest BCUT2D eigenvalue weighted by Gasteiger charge is 2.10. The molecule has 0 aliphatic heterocycles. The Hall–Kier alpha value is -2.02. The van der Waals surface area contributed by atoms with Crippen LogP contribution in [0.15, 0.2) is 33.9 Å². The Labute approximate surface area is 120 Å². The smallest absolute Gasteiger partial charge is 0.316 e. The Bertz CT molecular complexity index is 585. The average molecular weight is 294 g/mol. The van der Waals surface area contributed by atoms with Crippen LogP contribution >= 0.6 is 11.8 Å². The van der Waals surface area contributed by atoms with Crippen molar-refractivity contribution in [3.63, 3.8) is 0 Å². The number of aryl methyl sites for hydroxylation is 1. The molecule has 0 bridgehead atoms. The van der Waals surface area contributed by atoms with Crippen LogP contribution < -0.4 is 4.74 Å². The van der Waals surface area contributed by atoms with Crippen molar-refractivity contribution in [1.29, 1.82) is 0 Å². The molecule has 0 N–H and O–H groups in total. The fraction of sp³-hybridized carbons (Fsp3) is 0.308. The van der Waals surface area contributed by atoms with Gasteiger partial charge in [0.1, 0.15) is 11.5 Å². The molecule has 0 aliphatic rings. The van der Waals surface area contributed by atoms with Crippen LogP contribution in [0.25, 0.3) is 0 Å². The molecule has 0 aliphatic carbocycles. The van der Waals surface area contributed by atoms with E-state index < -0.39 is 0 Å². The van der Waals surface area contributed by atoms with Crippen molar-refractivity contribution in [3.05, 3.63) is 35.7 Å². The molecule has 0 unspecified atom stereocenters. The molecule has 2 aromatic rings. The molecule has 6 nitrogen and oxygen atoms in total. The lowest BCUT2D eigenvalue weighted by Gasteiger charge is -2.03. The van der Waals surface area contributed by atoms with Gasteiger partial charge in [0.25, 0.3) is 11.1 Å². The number of esters is 1. The topological polar surface area (TPSA) is 74.5 Å². The second kappa shape index (κ2) is 6.95. The summed E-state index contributed by atoms with van der Waals surface area (Å²) in [4.78, 5) is 11.0. The summed E-state index contributed by atoms with van der Waals surface area (Å²) in [5.74, 6) is 0.897. The Morgan fingerprint density at radius 1 is 1.40 bits per heavy atom. The van der Waals surface area contributed by atoms with Crippen molar-refractivity contribution in [2.45, 2.75) is 18.8 Å². The van der Waals surface area contributed by atoms with Crippen LogP contribution in [0.4, 0.5) is 0 Å². The van der Waals surface area contributed by atoms with Crippen molar-refractivity contribution in [2.75, 3.05) is 12.9 Å². The lowest BCUT2D eigenvalue weighted by Crippen LogP contribution is -2.02. The minimum absolute atomic E-state index is 0.136. The molecule has 0 fully saturated rings. The average Bonchev–Trinajstić information content (AvgIpc) is 2.90. The second-order valence-electron chi connectivity index (χ2n) is 3.93. The van der Waals surface area contributed by atoms with Gasteiger partial charge in [-0.05, 0) is 24.6 Å². The molecule has 1 aromatic carbocycles. The molecule has 1 aromatic heterocycles. The zero-order chi connectivity index (χ0) is 14.4. The molecule has 20 heavy (non-hydrogen) atoms. The second-order valence-corrected chi connectivity index (χ2v) is 4.86. The highest BCUT2D eigenvalue weighted by Crippen LogP contribution is 2.18. The van der Waals surface area contributed by atoms with Crippen molar-refractivity contribution in [2.24, 2.45) is 0 Å². The third kappa shape index (κ3) is 4.27. The van der Waals surface area contributed by atoms with E-state index in [2.05, 4.69) is 14.9 Å². The van der Waals surface area contributed by atoms with Crippen molar-refractivity contribution in [1.82, 2.24) is 10.2 Å². The van der Waals surface area contributed by atoms with Gasteiger partial charge in [-0.1, -0.05) is 23.9 Å². The van der Waals surface area contributed by atoms with Gasteiger partial charge in [0.05, 0.1) is 7.11 Å². The normalized spacial score (nSPS) is 10.3. The standard InChI is InChI=1S/C13H14N2O4S/c1-9-4-3-5-10(6-9)18-7-11-14-15-13(19-11)20-8-12(16)17-2/h3-6H,7-8H2,1-2H3. The summed E-state index contributed by atoms with van der Waals surface area (Å²) in [6.07, 6.45) is 0. The van der Waals surface area contributed by atoms with Gasteiger partial charge in [0, 0.05) is 0 Å². The fourth-order valence-corrected chi connectivity index (χ4v) is 2.00. The van der Waals surface area contributed by atoms with Gasteiger partial charge in [-0.2, -0.15) is 0 Å². The maximum Gasteiger partial charge on any atom is 0.316 e. The van der Waals surface area contributed by atoms with Gasteiger partial charge in [0.15, 0.2) is 6.61 Å². The van der Waals surface area contributed by atoms with Gasteiger partial charge in [-0.15, -0.1) is 10.2 Å². The molecule has 7 heteroatoms. The number of aromatic nitrogens is 2. The fourth-order valence-electron chi connectivity index (χ4n) is 1.38. The van der Waals surface area contributed by atoms with E-state index in [1.165, 1.54) is 7.11 Å². The van der Waals surface area contributed by atoms with E-state index in [4.69, 9.17) is 9.15 Å². The maximum atomic E-state index is 11.0. The maximum absolute atomic E-state index is 11.0. The molecule has 0 saturated carbocycles. The van der Waals surface area contributed by atoms with E-state index in [1.54, 1.807) is 0 Å². The summed E-state index contributed by atoms with van der Waals surface area (Å²) in [7, 11) is 1.33. The molecular weight excluding hydrogens is 280 g/mol. The number of benzene rings is 1. The van der Waals surface area contributed by atoms with Crippen molar-refractivity contribution in [3.8, 4) is 5.75 Å². The van der Waals surface area contributed by atoms with Gasteiger partial charge in [-0.3, -0.25) is 4.79 Å². The SMILES string of the molecule is COC(=O)CSc1nnc(COc2cccc(C)c2)o1. The van der Waals surface area contributed by atoms with Crippen LogP contribution in [0, 0.1) is 6.92 Å². The molecular formula is C13H14N2O4S. The Morgan fingerprint density at radius 3 is 3.00 bits per heavy atom. The van der Waals surface area contributed by atoms with Crippen LogP contribution in [0.5, 0.6) is 5.75 Å². The summed E-state index contributed by atoms with van der Waals surface area (Å²) in [5.41, 5.74) is 1.11. The monoisotopic (exact) mass is 294 g/mol. The number of rotatable bonds is 6. The Balaban J connectivity index is 1.85. The lowest BCUT2D eigenvalue weighted by molar-refractivity contribution is -0.137. The van der Waals surface area contributed by atoms with Crippen LogP contribution in [0.1, 0.15) is 11.5 Å². The summed E-state index contributed by atoms with van der Waals surface area (Å²) >= 11 is 1.13. The number of hydrogen-bond donors (Lipinski definition) is 0. The highest BCUT2D eigenvalue weighted by molar-refractivity contribution is 7.99. The number of methoxy groups -OCH3 is 1. The Kier molecular flexibility index (Phi) is 5.00. The van der Waals surface area contributed by atoms with Crippen molar-refractivity contribution < 1.29 is 18.7 Å². The number of thioether (sulfide) groups is 1. The van der Waals surface area contributed by atoms with Crippen LogP contribution in [-0.4, -0.2) is 29.0 Å². The summed E-state index contributed by atoms with van der Waals surface area (Å²) in [6.45, 7) is 2.18. The van der Waals surface area contributed by atoms with Crippen LogP contribution in [0.2, 0.25) is 0 Å². The predicted octanol–water partition coefficient (Wildman–Crippen LogP) is 2.22. The first kappa shape index (κ1) is 14.4. The van der Waals surface area contributed by atoms with Gasteiger partial charge in [0.2, 0.25) is 0 Å². The van der Waals surface area contributed by atoms with Gasteiger partial charge < -0.3 is 13.9 Å². The number of carbonyl (C=O) groups is 1. The lowest BCUT2D eigenvalue weighted by atomic mass is 10.2. The quantitative estimate of drug-likeness (QED) is 0.597. The molecule has 2 rings (SSSR count). The molecule has 1 heterocycles. The van der Waals surface area contributed by atoms with E-state index in [0.717, 1.165) is 23.1 Å². The number of hydrogen-bond acceptors (Lipinski definition) is 7. The van der Waals surface area contributed by atoms with E-state index in [-0.39, 0.29) is 18.3 Å².